The molecular formula is C13H15N3O4S. The topological polar surface area (TPSA) is 86.5 Å². The van der Waals surface area contributed by atoms with Crippen LogP contribution in [-0.4, -0.2) is 41.4 Å². The van der Waals surface area contributed by atoms with Crippen molar-refractivity contribution in [3.05, 3.63) is 34.6 Å². The zero-order valence-corrected chi connectivity index (χ0v) is 12.0. The highest BCUT2D eigenvalue weighted by Gasteiger charge is 2.29. The van der Waals surface area contributed by atoms with Crippen molar-refractivity contribution in [2.75, 3.05) is 13.2 Å². The van der Waals surface area contributed by atoms with Gasteiger partial charge in [-0.1, -0.05) is 5.16 Å². The highest BCUT2D eigenvalue weighted by molar-refractivity contribution is 7.07. The molecule has 1 N–H and O–H groups in total. The molecule has 2 aromatic heterocycles. The molecule has 1 fully saturated rings. The number of hydrogen-bond donors (Lipinski definition) is 1. The molecule has 2 atom stereocenters. The Bertz CT molecular complexity index is 558. The van der Waals surface area contributed by atoms with Crippen LogP contribution in [0, 0.1) is 0 Å². The molecule has 3 heterocycles. The Labute approximate surface area is 125 Å². The van der Waals surface area contributed by atoms with Crippen LogP contribution in [0.15, 0.2) is 27.7 Å². The molecule has 8 heteroatoms. The monoisotopic (exact) mass is 309 g/mol. The maximum absolute atomic E-state index is 12.0. The largest absolute Gasteiger partial charge is 0.379 e. The maximum atomic E-state index is 12.0. The minimum atomic E-state index is -0.266. The van der Waals surface area contributed by atoms with Crippen LogP contribution in [0.4, 0.5) is 0 Å². The molecule has 0 bridgehead atoms. The van der Waals surface area contributed by atoms with Crippen molar-refractivity contribution in [2.24, 2.45) is 0 Å². The molecule has 3 rings (SSSR count). The standard InChI is InChI=1S/C13H15N3O4S/c17-13(11-2-4-20-16-11)15-10-1-3-18-6-12(10)19-5-9-7-21-8-14-9/h2,4,7-8,10,12H,1,3,5-6H2,(H,15,17)/t10-,12-/m1/s1. The highest BCUT2D eigenvalue weighted by Crippen LogP contribution is 2.14. The lowest BCUT2D eigenvalue weighted by atomic mass is 10.1. The highest BCUT2D eigenvalue weighted by atomic mass is 32.1. The Morgan fingerprint density at radius 1 is 1.57 bits per heavy atom. The molecule has 0 unspecified atom stereocenters. The number of thiazole rings is 1. The molecule has 0 aromatic carbocycles. The van der Waals surface area contributed by atoms with Crippen LogP contribution in [0.1, 0.15) is 22.6 Å². The molecule has 112 valence electrons. The fraction of sp³-hybridized carbons (Fsp3) is 0.462. The average molecular weight is 309 g/mol. The molecule has 1 aliphatic heterocycles. The van der Waals surface area contributed by atoms with Gasteiger partial charge in [0.2, 0.25) is 0 Å². The Balaban J connectivity index is 1.57. The quantitative estimate of drug-likeness (QED) is 0.894. The summed E-state index contributed by atoms with van der Waals surface area (Å²) in [6, 6.07) is 1.42. The third-order valence-corrected chi connectivity index (χ3v) is 3.86. The van der Waals surface area contributed by atoms with Gasteiger partial charge in [0.25, 0.3) is 5.91 Å². The first kappa shape index (κ1) is 14.2. The van der Waals surface area contributed by atoms with Crippen LogP contribution in [0.25, 0.3) is 0 Å². The molecular weight excluding hydrogens is 294 g/mol. The van der Waals surface area contributed by atoms with E-state index in [4.69, 9.17) is 9.47 Å². The van der Waals surface area contributed by atoms with Crippen molar-refractivity contribution < 1.29 is 18.8 Å². The van der Waals surface area contributed by atoms with E-state index in [1.165, 1.54) is 23.7 Å². The Morgan fingerprint density at radius 3 is 3.29 bits per heavy atom. The van der Waals surface area contributed by atoms with Gasteiger partial charge in [-0.05, 0) is 6.42 Å². The Morgan fingerprint density at radius 2 is 2.52 bits per heavy atom. The number of aromatic nitrogens is 2. The molecule has 2 aromatic rings. The van der Waals surface area contributed by atoms with E-state index in [1.807, 2.05) is 5.38 Å². The summed E-state index contributed by atoms with van der Waals surface area (Å²) in [5.41, 5.74) is 2.91. The summed E-state index contributed by atoms with van der Waals surface area (Å²) in [7, 11) is 0. The average Bonchev–Trinajstić information content (AvgIpc) is 3.20. The predicted molar refractivity (Wildman–Crippen MR) is 73.9 cm³/mol. The van der Waals surface area contributed by atoms with E-state index in [0.717, 1.165) is 5.69 Å². The van der Waals surface area contributed by atoms with E-state index >= 15 is 0 Å². The lowest BCUT2D eigenvalue weighted by molar-refractivity contribution is -0.0742. The van der Waals surface area contributed by atoms with Gasteiger partial charge < -0.3 is 19.3 Å². The number of ether oxygens (including phenoxy) is 2. The summed E-state index contributed by atoms with van der Waals surface area (Å²) in [5, 5.41) is 8.48. The van der Waals surface area contributed by atoms with Crippen molar-refractivity contribution in [2.45, 2.75) is 25.2 Å². The van der Waals surface area contributed by atoms with Gasteiger partial charge in [-0.2, -0.15) is 0 Å². The molecule has 0 saturated carbocycles. The molecule has 0 aliphatic carbocycles. The van der Waals surface area contributed by atoms with Crippen molar-refractivity contribution in [3.8, 4) is 0 Å². The number of hydrogen-bond acceptors (Lipinski definition) is 7. The van der Waals surface area contributed by atoms with Crippen molar-refractivity contribution in [1.29, 1.82) is 0 Å². The minimum Gasteiger partial charge on any atom is -0.379 e. The zero-order chi connectivity index (χ0) is 14.5. The van der Waals surface area contributed by atoms with E-state index in [-0.39, 0.29) is 23.7 Å². The van der Waals surface area contributed by atoms with E-state index in [9.17, 15) is 4.79 Å². The van der Waals surface area contributed by atoms with Crippen molar-refractivity contribution in [3.63, 3.8) is 0 Å². The fourth-order valence-electron chi connectivity index (χ4n) is 2.11. The zero-order valence-electron chi connectivity index (χ0n) is 11.2. The second-order valence-electron chi connectivity index (χ2n) is 4.66. The van der Waals surface area contributed by atoms with Crippen LogP contribution >= 0.6 is 11.3 Å². The van der Waals surface area contributed by atoms with Gasteiger partial charge in [0.1, 0.15) is 12.4 Å². The lowest BCUT2D eigenvalue weighted by Crippen LogP contribution is -2.50. The van der Waals surface area contributed by atoms with E-state index < -0.39 is 0 Å². The van der Waals surface area contributed by atoms with Crippen LogP contribution < -0.4 is 5.32 Å². The summed E-state index contributed by atoms with van der Waals surface area (Å²) in [6.45, 7) is 1.46. The van der Waals surface area contributed by atoms with Crippen LogP contribution in [0.3, 0.4) is 0 Å². The fourth-order valence-corrected chi connectivity index (χ4v) is 2.66. The maximum Gasteiger partial charge on any atom is 0.273 e. The molecule has 0 radical (unpaired) electrons. The summed E-state index contributed by atoms with van der Waals surface area (Å²) in [5.74, 6) is -0.266. The summed E-state index contributed by atoms with van der Waals surface area (Å²) < 4.78 is 15.9. The van der Waals surface area contributed by atoms with Gasteiger partial charge >= 0.3 is 0 Å². The molecule has 0 spiro atoms. The number of carbonyl (C=O) groups is 1. The first-order valence-corrected chi connectivity index (χ1v) is 7.55. The first-order chi connectivity index (χ1) is 10.3. The first-order valence-electron chi connectivity index (χ1n) is 6.60. The SMILES string of the molecule is O=C(N[C@@H]1CCOC[C@H]1OCc1cscn1)c1ccon1. The summed E-state index contributed by atoms with van der Waals surface area (Å²) in [6.07, 6.45) is 1.87. The smallest absolute Gasteiger partial charge is 0.273 e. The van der Waals surface area contributed by atoms with Gasteiger partial charge in [0.15, 0.2) is 5.69 Å². The van der Waals surface area contributed by atoms with Gasteiger partial charge in [-0.3, -0.25) is 4.79 Å². The van der Waals surface area contributed by atoms with Gasteiger partial charge in [0.05, 0.1) is 30.5 Å². The molecule has 1 aliphatic rings. The number of carbonyl (C=O) groups excluding carboxylic acids is 1. The third kappa shape index (κ3) is 3.66. The molecule has 21 heavy (non-hydrogen) atoms. The van der Waals surface area contributed by atoms with Gasteiger partial charge in [-0.25, -0.2) is 4.98 Å². The van der Waals surface area contributed by atoms with E-state index in [0.29, 0.717) is 26.2 Å². The normalized spacial score (nSPS) is 22.1. The van der Waals surface area contributed by atoms with E-state index in [1.54, 1.807) is 5.51 Å². The predicted octanol–water partition coefficient (Wildman–Crippen LogP) is 1.24. The number of amides is 1. The lowest BCUT2D eigenvalue weighted by Gasteiger charge is -2.31. The second-order valence-corrected chi connectivity index (χ2v) is 5.38. The molecule has 1 amide bonds. The van der Waals surface area contributed by atoms with Crippen molar-refractivity contribution in [1.82, 2.24) is 15.5 Å². The Hall–Kier alpha value is -1.77. The van der Waals surface area contributed by atoms with Crippen LogP contribution in [0.5, 0.6) is 0 Å². The summed E-state index contributed by atoms with van der Waals surface area (Å²) >= 11 is 1.53. The molecule has 7 nitrogen and oxygen atoms in total. The van der Waals surface area contributed by atoms with Crippen molar-refractivity contribution >= 4 is 17.2 Å². The van der Waals surface area contributed by atoms with Crippen LogP contribution in [-0.2, 0) is 16.1 Å². The number of nitrogens with zero attached hydrogens (tertiary/aromatic N) is 2. The van der Waals surface area contributed by atoms with Gasteiger partial charge in [0, 0.05) is 18.1 Å². The minimum absolute atomic E-state index is 0.110. The Kier molecular flexibility index (Phi) is 4.59. The van der Waals surface area contributed by atoms with Crippen LogP contribution in [0.2, 0.25) is 0 Å². The second kappa shape index (κ2) is 6.79. The number of nitrogens with one attached hydrogen (secondary N) is 1. The molecule has 1 saturated heterocycles. The van der Waals surface area contributed by atoms with E-state index in [2.05, 4.69) is 20.0 Å². The van der Waals surface area contributed by atoms with Gasteiger partial charge in [-0.15, -0.1) is 11.3 Å². The third-order valence-electron chi connectivity index (χ3n) is 3.22. The summed E-state index contributed by atoms with van der Waals surface area (Å²) in [4.78, 5) is 16.2. The number of rotatable bonds is 5.